The first-order valence-electron chi connectivity index (χ1n) is 2.15. The van der Waals surface area contributed by atoms with E-state index in [9.17, 15) is 4.79 Å². The standard InChI is InChI=1S/C5H8O3.Ag/c1-8-4-2-3-5(6)7;/h2-3H,4H2,1H3,(H,6,7);/b3-2+;. The Morgan fingerprint density at radius 3 is 2.67 bits per heavy atom. The molecule has 0 aliphatic heterocycles. The zero-order valence-electron chi connectivity index (χ0n) is 4.93. The predicted molar refractivity (Wildman–Crippen MR) is 28.7 cm³/mol. The van der Waals surface area contributed by atoms with Gasteiger partial charge in [-0.25, -0.2) is 4.79 Å². The molecule has 0 aromatic carbocycles. The molecule has 0 unspecified atom stereocenters. The van der Waals surface area contributed by atoms with Gasteiger partial charge in [0.25, 0.3) is 0 Å². The Bertz CT molecular complexity index is 100. The van der Waals surface area contributed by atoms with Crippen LogP contribution in [0.15, 0.2) is 12.2 Å². The van der Waals surface area contributed by atoms with Crippen molar-refractivity contribution in [1.29, 1.82) is 0 Å². The smallest absolute Gasteiger partial charge is 0.328 e. The molecule has 0 aliphatic carbocycles. The minimum absolute atomic E-state index is 0. The van der Waals surface area contributed by atoms with Crippen molar-refractivity contribution in [2.75, 3.05) is 13.7 Å². The topological polar surface area (TPSA) is 46.5 Å². The van der Waals surface area contributed by atoms with Gasteiger partial charge in [0.15, 0.2) is 0 Å². The van der Waals surface area contributed by atoms with Crippen molar-refractivity contribution in [3.8, 4) is 0 Å². The van der Waals surface area contributed by atoms with Crippen LogP contribution in [-0.2, 0) is 31.9 Å². The molecule has 0 fully saturated rings. The van der Waals surface area contributed by atoms with Gasteiger partial charge in [0, 0.05) is 35.6 Å². The van der Waals surface area contributed by atoms with Crippen molar-refractivity contribution in [2.45, 2.75) is 0 Å². The number of ether oxygens (including phenoxy) is 1. The molecule has 0 atom stereocenters. The summed E-state index contributed by atoms with van der Waals surface area (Å²) in [6.45, 7) is 0.353. The van der Waals surface area contributed by atoms with Crippen molar-refractivity contribution in [3.63, 3.8) is 0 Å². The molecule has 4 heteroatoms. The van der Waals surface area contributed by atoms with Gasteiger partial charge in [-0.15, -0.1) is 0 Å². The molecule has 1 N–H and O–H groups in total. The third kappa shape index (κ3) is 11.5. The predicted octanol–water partition coefficient (Wildman–Crippen LogP) is 0.271. The molecular formula is C5H8AgO3. The molecule has 0 spiro atoms. The SMILES string of the molecule is COC/C=C/C(=O)O.[Ag]. The molecule has 0 amide bonds. The van der Waals surface area contributed by atoms with Crippen LogP contribution in [0, 0.1) is 0 Å². The monoisotopic (exact) mass is 223 g/mol. The van der Waals surface area contributed by atoms with Crippen molar-refractivity contribution in [3.05, 3.63) is 12.2 Å². The van der Waals surface area contributed by atoms with Crippen LogP contribution >= 0.6 is 0 Å². The Labute approximate surface area is 69.2 Å². The number of carboxylic acid groups (broad SMARTS) is 1. The molecule has 0 aromatic heterocycles. The van der Waals surface area contributed by atoms with E-state index in [1.54, 1.807) is 0 Å². The molecule has 0 saturated heterocycles. The van der Waals surface area contributed by atoms with E-state index in [2.05, 4.69) is 4.74 Å². The molecule has 0 aliphatic rings. The second-order valence-corrected chi connectivity index (χ2v) is 1.20. The third-order valence-corrected chi connectivity index (χ3v) is 0.523. The van der Waals surface area contributed by atoms with Gasteiger partial charge in [0.2, 0.25) is 0 Å². The number of rotatable bonds is 3. The van der Waals surface area contributed by atoms with Crippen LogP contribution in [0.1, 0.15) is 0 Å². The van der Waals surface area contributed by atoms with E-state index < -0.39 is 5.97 Å². The Hall–Kier alpha value is -0.0897. The number of carboxylic acids is 1. The fourth-order valence-corrected chi connectivity index (χ4v) is 0.245. The molecular weight excluding hydrogens is 216 g/mol. The van der Waals surface area contributed by atoms with Crippen molar-refractivity contribution >= 4 is 5.97 Å². The summed E-state index contributed by atoms with van der Waals surface area (Å²) in [6.07, 6.45) is 2.48. The van der Waals surface area contributed by atoms with E-state index in [1.165, 1.54) is 13.2 Å². The summed E-state index contributed by atoms with van der Waals surface area (Å²) in [5.74, 6) is -0.943. The number of hydrogen-bond donors (Lipinski definition) is 1. The van der Waals surface area contributed by atoms with Crippen LogP contribution in [0.5, 0.6) is 0 Å². The van der Waals surface area contributed by atoms with Gasteiger partial charge in [-0.05, 0) is 0 Å². The Morgan fingerprint density at radius 1 is 1.78 bits per heavy atom. The molecule has 0 saturated carbocycles. The maximum Gasteiger partial charge on any atom is 0.328 e. The molecule has 0 rings (SSSR count). The quantitative estimate of drug-likeness (QED) is 0.552. The summed E-state index contributed by atoms with van der Waals surface area (Å²) >= 11 is 0. The molecule has 0 bridgehead atoms. The summed E-state index contributed by atoms with van der Waals surface area (Å²) in [5.41, 5.74) is 0. The van der Waals surface area contributed by atoms with Gasteiger partial charge in [-0.2, -0.15) is 0 Å². The second-order valence-electron chi connectivity index (χ2n) is 1.20. The van der Waals surface area contributed by atoms with E-state index in [0.717, 1.165) is 6.08 Å². The molecule has 0 heterocycles. The number of methoxy groups -OCH3 is 1. The summed E-state index contributed by atoms with van der Waals surface area (Å²) < 4.78 is 4.54. The number of carbonyl (C=O) groups is 1. The van der Waals surface area contributed by atoms with Gasteiger partial charge in [0.05, 0.1) is 6.61 Å². The summed E-state index contributed by atoms with van der Waals surface area (Å²) in [5, 5.41) is 8.00. The van der Waals surface area contributed by atoms with Crippen LogP contribution in [0.25, 0.3) is 0 Å². The minimum Gasteiger partial charge on any atom is -0.478 e. The minimum atomic E-state index is -0.943. The maximum atomic E-state index is 9.73. The first-order valence-corrected chi connectivity index (χ1v) is 2.15. The zero-order chi connectivity index (χ0) is 6.41. The Balaban J connectivity index is 0. The van der Waals surface area contributed by atoms with E-state index in [0.29, 0.717) is 6.61 Å². The first-order chi connectivity index (χ1) is 3.77. The van der Waals surface area contributed by atoms with Gasteiger partial charge in [-0.1, -0.05) is 6.08 Å². The Kier molecular flexibility index (Phi) is 10.3. The normalized spacial score (nSPS) is 9.00. The summed E-state index contributed by atoms with van der Waals surface area (Å²) in [4.78, 5) is 9.73. The molecule has 9 heavy (non-hydrogen) atoms. The van der Waals surface area contributed by atoms with Gasteiger partial charge in [0.1, 0.15) is 0 Å². The van der Waals surface area contributed by atoms with Gasteiger partial charge in [-0.3, -0.25) is 0 Å². The first kappa shape index (κ1) is 11.7. The number of hydrogen-bond acceptors (Lipinski definition) is 2. The van der Waals surface area contributed by atoms with E-state index in [-0.39, 0.29) is 22.4 Å². The summed E-state index contributed by atoms with van der Waals surface area (Å²) in [7, 11) is 1.51. The van der Waals surface area contributed by atoms with E-state index in [1.807, 2.05) is 0 Å². The number of aliphatic carboxylic acids is 1. The second kappa shape index (κ2) is 7.91. The zero-order valence-corrected chi connectivity index (χ0v) is 6.41. The third-order valence-electron chi connectivity index (χ3n) is 0.523. The summed E-state index contributed by atoms with van der Waals surface area (Å²) in [6, 6.07) is 0. The molecule has 3 nitrogen and oxygen atoms in total. The average molecular weight is 224 g/mol. The van der Waals surface area contributed by atoms with E-state index >= 15 is 0 Å². The van der Waals surface area contributed by atoms with Gasteiger partial charge < -0.3 is 9.84 Å². The van der Waals surface area contributed by atoms with Crippen LogP contribution in [0.3, 0.4) is 0 Å². The van der Waals surface area contributed by atoms with E-state index in [4.69, 9.17) is 5.11 Å². The average Bonchev–Trinajstić information content (AvgIpc) is 1.66. The van der Waals surface area contributed by atoms with Crippen LogP contribution < -0.4 is 0 Å². The van der Waals surface area contributed by atoms with Crippen molar-refractivity contribution in [2.24, 2.45) is 0 Å². The fraction of sp³-hybridized carbons (Fsp3) is 0.400. The molecule has 0 aromatic rings. The fourth-order valence-electron chi connectivity index (χ4n) is 0.245. The van der Waals surface area contributed by atoms with Gasteiger partial charge >= 0.3 is 5.97 Å². The molecule has 57 valence electrons. The van der Waals surface area contributed by atoms with Crippen LogP contribution in [0.4, 0.5) is 0 Å². The molecule has 1 radical (unpaired) electrons. The van der Waals surface area contributed by atoms with Crippen LogP contribution in [0.2, 0.25) is 0 Å². The Morgan fingerprint density at radius 2 is 2.33 bits per heavy atom. The van der Waals surface area contributed by atoms with Crippen molar-refractivity contribution in [1.82, 2.24) is 0 Å². The van der Waals surface area contributed by atoms with Crippen molar-refractivity contribution < 1.29 is 37.0 Å². The maximum absolute atomic E-state index is 9.73. The van der Waals surface area contributed by atoms with Crippen LogP contribution in [-0.4, -0.2) is 24.8 Å². The largest absolute Gasteiger partial charge is 0.478 e.